The summed E-state index contributed by atoms with van der Waals surface area (Å²) in [6.45, 7) is 6.69. The number of hydrogen-bond donors (Lipinski definition) is 2. The van der Waals surface area contributed by atoms with Crippen LogP contribution >= 0.6 is 0 Å². The molecule has 9 nitrogen and oxygen atoms in total. The summed E-state index contributed by atoms with van der Waals surface area (Å²) >= 11 is 0. The second-order valence-corrected chi connectivity index (χ2v) is 8.91. The van der Waals surface area contributed by atoms with Crippen LogP contribution in [0.4, 0.5) is 20.4 Å². The summed E-state index contributed by atoms with van der Waals surface area (Å²) in [5, 5.41) is 11.8. The van der Waals surface area contributed by atoms with Crippen molar-refractivity contribution in [2.75, 3.05) is 29.9 Å². The fourth-order valence-corrected chi connectivity index (χ4v) is 4.50. The highest BCUT2D eigenvalue weighted by Crippen LogP contribution is 2.37. The first-order valence-corrected chi connectivity index (χ1v) is 11.1. The molecule has 174 valence electrons. The summed E-state index contributed by atoms with van der Waals surface area (Å²) in [5.41, 5.74) is 1.23. The molecule has 11 heteroatoms. The summed E-state index contributed by atoms with van der Waals surface area (Å²) in [6.07, 6.45) is 4.27. The molecule has 33 heavy (non-hydrogen) atoms. The number of carbonyl (C=O) groups excluding carboxylic acids is 1. The summed E-state index contributed by atoms with van der Waals surface area (Å²) in [4.78, 5) is 26.3. The highest BCUT2D eigenvalue weighted by molar-refractivity contribution is 5.95. The van der Waals surface area contributed by atoms with Crippen LogP contribution in [0.15, 0.2) is 18.3 Å². The van der Waals surface area contributed by atoms with Crippen LogP contribution < -0.4 is 15.5 Å². The highest BCUT2D eigenvalue weighted by atomic mass is 19.3. The summed E-state index contributed by atoms with van der Waals surface area (Å²) < 4.78 is 29.8. The minimum atomic E-state index is -3.19. The lowest BCUT2D eigenvalue weighted by molar-refractivity contribution is -0.114. The van der Waals surface area contributed by atoms with Gasteiger partial charge in [-0.05, 0) is 25.8 Å². The zero-order valence-corrected chi connectivity index (χ0v) is 18.8. The molecule has 2 fully saturated rings. The van der Waals surface area contributed by atoms with Gasteiger partial charge >= 0.3 is 5.92 Å². The molecule has 5 heterocycles. The van der Waals surface area contributed by atoms with Gasteiger partial charge in [0.1, 0.15) is 5.82 Å². The Morgan fingerprint density at radius 3 is 2.70 bits per heavy atom. The molecule has 3 aromatic rings. The van der Waals surface area contributed by atoms with Crippen LogP contribution in [-0.2, 0) is 17.1 Å². The average molecular weight is 457 g/mol. The number of fused-ring (bicyclic) bond motifs is 1. The van der Waals surface area contributed by atoms with E-state index < -0.39 is 11.7 Å². The predicted octanol–water partition coefficient (Wildman–Crippen LogP) is 2.79. The van der Waals surface area contributed by atoms with Crippen LogP contribution in [0, 0.1) is 0 Å². The van der Waals surface area contributed by atoms with Crippen LogP contribution in [0.1, 0.15) is 45.1 Å². The quantitative estimate of drug-likeness (QED) is 0.609. The molecular weight excluding hydrogens is 430 g/mol. The van der Waals surface area contributed by atoms with Gasteiger partial charge in [0, 0.05) is 56.5 Å². The molecule has 1 spiro atoms. The molecule has 0 bridgehead atoms. The van der Waals surface area contributed by atoms with Crippen LogP contribution in [0.2, 0.25) is 0 Å². The molecule has 0 radical (unpaired) electrons. The Bertz CT molecular complexity index is 1230. The van der Waals surface area contributed by atoms with Gasteiger partial charge in [-0.3, -0.25) is 4.79 Å². The van der Waals surface area contributed by atoms with E-state index in [1.807, 2.05) is 6.92 Å². The summed E-state index contributed by atoms with van der Waals surface area (Å²) in [5.74, 6) is -2.66. The second kappa shape index (κ2) is 7.68. The lowest BCUT2D eigenvalue weighted by Gasteiger charge is -2.39. The van der Waals surface area contributed by atoms with E-state index in [0.29, 0.717) is 23.4 Å². The van der Waals surface area contributed by atoms with Crippen molar-refractivity contribution in [2.24, 2.45) is 0 Å². The van der Waals surface area contributed by atoms with E-state index in [4.69, 9.17) is 5.10 Å². The van der Waals surface area contributed by atoms with Gasteiger partial charge in [0.25, 0.3) is 0 Å². The van der Waals surface area contributed by atoms with Crippen LogP contribution in [0.5, 0.6) is 0 Å². The molecule has 3 aromatic heterocycles. The van der Waals surface area contributed by atoms with Gasteiger partial charge in [-0.25, -0.2) is 19.6 Å². The third-order valence-electron chi connectivity index (χ3n) is 6.34. The number of anilines is 2. The highest BCUT2D eigenvalue weighted by Gasteiger charge is 2.43. The van der Waals surface area contributed by atoms with Gasteiger partial charge in [-0.2, -0.15) is 8.78 Å². The molecule has 1 atom stereocenters. The van der Waals surface area contributed by atoms with E-state index in [-0.39, 0.29) is 17.3 Å². The van der Waals surface area contributed by atoms with Gasteiger partial charge in [0.2, 0.25) is 11.7 Å². The van der Waals surface area contributed by atoms with Gasteiger partial charge in [-0.1, -0.05) is 6.92 Å². The van der Waals surface area contributed by atoms with Crippen molar-refractivity contribution < 1.29 is 13.6 Å². The Labute approximate surface area is 189 Å². The van der Waals surface area contributed by atoms with Crippen molar-refractivity contribution in [2.45, 2.75) is 51.5 Å². The number of amides is 1. The Kier molecular flexibility index (Phi) is 5.04. The average Bonchev–Trinajstić information content (AvgIpc) is 3.34. The van der Waals surface area contributed by atoms with Gasteiger partial charge < -0.3 is 15.5 Å². The van der Waals surface area contributed by atoms with Crippen molar-refractivity contribution >= 4 is 28.4 Å². The molecule has 2 saturated heterocycles. The van der Waals surface area contributed by atoms with Crippen molar-refractivity contribution in [1.29, 1.82) is 0 Å². The van der Waals surface area contributed by atoms with E-state index in [1.54, 1.807) is 23.0 Å². The topological polar surface area (TPSA) is 101 Å². The maximum atomic E-state index is 14.1. The van der Waals surface area contributed by atoms with Crippen LogP contribution in [-0.4, -0.2) is 55.8 Å². The predicted molar refractivity (Wildman–Crippen MR) is 120 cm³/mol. The summed E-state index contributed by atoms with van der Waals surface area (Å²) in [6, 6.07) is 3.36. The fourth-order valence-electron chi connectivity index (χ4n) is 4.50. The van der Waals surface area contributed by atoms with E-state index in [9.17, 15) is 13.6 Å². The van der Waals surface area contributed by atoms with Crippen LogP contribution in [0.25, 0.3) is 16.7 Å². The molecule has 1 amide bonds. The number of pyridine rings is 1. The number of hydrogen-bond acceptors (Lipinski definition) is 7. The molecule has 2 aliphatic rings. The Morgan fingerprint density at radius 1 is 1.30 bits per heavy atom. The molecule has 2 N–H and O–H groups in total. The smallest absolute Gasteiger partial charge is 0.303 e. The van der Waals surface area contributed by atoms with Gasteiger partial charge in [0.15, 0.2) is 11.6 Å². The number of nitrogens with one attached hydrogen (secondary N) is 2. The molecule has 5 rings (SSSR count). The van der Waals surface area contributed by atoms with E-state index in [2.05, 4.69) is 30.5 Å². The fraction of sp³-hybridized carbons (Fsp3) is 0.500. The maximum absolute atomic E-state index is 14.1. The minimum Gasteiger partial charge on any atom is -0.353 e. The number of aryl methyl sites for hydroxylation is 1. The van der Waals surface area contributed by atoms with Crippen molar-refractivity contribution in [3.63, 3.8) is 0 Å². The van der Waals surface area contributed by atoms with Gasteiger partial charge in [-0.15, -0.1) is 5.10 Å². The largest absolute Gasteiger partial charge is 0.353 e. The number of nitrogens with zero attached hydrogens (tertiary/aromatic N) is 6. The van der Waals surface area contributed by atoms with Crippen molar-refractivity contribution in [3.8, 4) is 5.82 Å². The Balaban J connectivity index is 1.67. The number of rotatable bonds is 5. The lowest BCUT2D eigenvalue weighted by atomic mass is 9.87. The molecule has 0 saturated carbocycles. The van der Waals surface area contributed by atoms with Crippen LogP contribution in [0.3, 0.4) is 0 Å². The Morgan fingerprint density at radius 2 is 2.09 bits per heavy atom. The SMILES string of the molecule is CCc1cc(-n2nc(N3CCC4(CCN4)C3)c3cnc(NC(C)=O)cc32)nc(C(C)(F)F)n1. The number of alkyl halides is 2. The molecule has 2 aliphatic heterocycles. The molecule has 0 aliphatic carbocycles. The lowest BCUT2D eigenvalue weighted by Crippen LogP contribution is -2.58. The summed E-state index contributed by atoms with van der Waals surface area (Å²) in [7, 11) is 0. The normalized spacial score (nSPS) is 20.5. The zero-order valence-electron chi connectivity index (χ0n) is 18.8. The molecule has 0 aromatic carbocycles. The third-order valence-corrected chi connectivity index (χ3v) is 6.34. The number of aromatic nitrogens is 5. The molecule has 1 unspecified atom stereocenters. The van der Waals surface area contributed by atoms with E-state index in [1.165, 1.54) is 6.92 Å². The minimum absolute atomic E-state index is 0.112. The second-order valence-electron chi connectivity index (χ2n) is 8.91. The van der Waals surface area contributed by atoms with E-state index >= 15 is 0 Å². The zero-order chi connectivity index (χ0) is 23.4. The van der Waals surface area contributed by atoms with E-state index in [0.717, 1.165) is 50.6 Å². The number of halogens is 2. The van der Waals surface area contributed by atoms with Crippen molar-refractivity contribution in [3.05, 3.63) is 29.8 Å². The maximum Gasteiger partial charge on any atom is 0.303 e. The third kappa shape index (κ3) is 3.90. The first-order chi connectivity index (χ1) is 15.7. The first kappa shape index (κ1) is 21.6. The molecular formula is C22H26F2N8O. The van der Waals surface area contributed by atoms with Crippen molar-refractivity contribution in [1.82, 2.24) is 30.0 Å². The standard InChI is InChI=1S/C22H26F2N8O/c1-4-14-9-18(29-20(28-14)21(3,23)24)32-16-10-17(27-13(2)33)25-11-15(16)19(30-32)31-8-6-22(12-31)5-7-26-22/h9-11,26H,4-8,12H2,1-3H3,(H,25,27,33). The monoisotopic (exact) mass is 456 g/mol. The number of carbonyl (C=O) groups is 1. The Hall–Kier alpha value is -3.21. The van der Waals surface area contributed by atoms with Gasteiger partial charge in [0.05, 0.1) is 10.9 Å². The first-order valence-electron chi connectivity index (χ1n) is 11.1.